The highest BCUT2D eigenvalue weighted by Crippen LogP contribution is 2.16. The van der Waals surface area contributed by atoms with Gasteiger partial charge in [0.05, 0.1) is 13.7 Å². The van der Waals surface area contributed by atoms with Crippen LogP contribution in [0.15, 0.2) is 53.5 Å². The van der Waals surface area contributed by atoms with Crippen LogP contribution in [0, 0.1) is 5.82 Å². The number of nitrogens with one attached hydrogen (secondary N) is 2. The van der Waals surface area contributed by atoms with Crippen molar-refractivity contribution in [2.45, 2.75) is 6.54 Å². The molecule has 2 aromatic rings. The van der Waals surface area contributed by atoms with Crippen molar-refractivity contribution < 1.29 is 13.9 Å². The highest BCUT2D eigenvalue weighted by atomic mass is 127. The smallest absolute Gasteiger partial charge is 0.191 e. The molecule has 0 amide bonds. The highest BCUT2D eigenvalue weighted by molar-refractivity contribution is 14.0. The summed E-state index contributed by atoms with van der Waals surface area (Å²) in [7, 11) is 3.31. The Morgan fingerprint density at radius 3 is 2.44 bits per heavy atom. The highest BCUT2D eigenvalue weighted by Gasteiger charge is 2.00. The average Bonchev–Trinajstić information content (AvgIpc) is 2.61. The Labute approximate surface area is 164 Å². The monoisotopic (exact) mass is 459 g/mol. The minimum atomic E-state index is -0.245. The van der Waals surface area contributed by atoms with Crippen molar-refractivity contribution in [3.63, 3.8) is 0 Å². The standard InChI is InChI=1S/C18H22FN3O2.HI/c1-20-18(22-13-14-4-3-5-15(19)12-14)21-10-11-24-17-8-6-16(23-2)7-9-17;/h3-9,12H,10-11,13H2,1-2H3,(H2,20,21,22);1H. The van der Waals surface area contributed by atoms with E-state index in [1.165, 1.54) is 12.1 Å². The molecule has 136 valence electrons. The molecular weight excluding hydrogens is 436 g/mol. The molecule has 2 aromatic carbocycles. The summed E-state index contributed by atoms with van der Waals surface area (Å²) < 4.78 is 23.9. The fourth-order valence-electron chi connectivity index (χ4n) is 2.06. The van der Waals surface area contributed by atoms with Crippen LogP contribution in [-0.4, -0.2) is 33.3 Å². The number of hydrogen-bond acceptors (Lipinski definition) is 3. The van der Waals surface area contributed by atoms with Crippen LogP contribution in [0.1, 0.15) is 5.56 Å². The largest absolute Gasteiger partial charge is 0.497 e. The van der Waals surface area contributed by atoms with E-state index in [4.69, 9.17) is 9.47 Å². The van der Waals surface area contributed by atoms with E-state index in [1.54, 1.807) is 20.2 Å². The molecular formula is C18H23FIN3O2. The summed E-state index contributed by atoms with van der Waals surface area (Å²) in [5.41, 5.74) is 0.854. The molecule has 0 radical (unpaired) electrons. The lowest BCUT2D eigenvalue weighted by Crippen LogP contribution is -2.38. The van der Waals surface area contributed by atoms with Gasteiger partial charge in [0.1, 0.15) is 23.9 Å². The van der Waals surface area contributed by atoms with Gasteiger partial charge in [-0.25, -0.2) is 4.39 Å². The van der Waals surface area contributed by atoms with Crippen molar-refractivity contribution in [3.8, 4) is 11.5 Å². The molecule has 0 aliphatic heterocycles. The lowest BCUT2D eigenvalue weighted by Gasteiger charge is -2.13. The minimum absolute atomic E-state index is 0. The van der Waals surface area contributed by atoms with Crippen LogP contribution in [0.2, 0.25) is 0 Å². The maximum Gasteiger partial charge on any atom is 0.191 e. The number of halogens is 2. The summed E-state index contributed by atoms with van der Waals surface area (Å²) in [6.45, 7) is 1.58. The summed E-state index contributed by atoms with van der Waals surface area (Å²) >= 11 is 0. The van der Waals surface area contributed by atoms with E-state index in [1.807, 2.05) is 30.3 Å². The number of rotatable bonds is 7. The molecule has 0 atom stereocenters. The van der Waals surface area contributed by atoms with Crippen LogP contribution in [0.5, 0.6) is 11.5 Å². The molecule has 0 aromatic heterocycles. The van der Waals surface area contributed by atoms with Gasteiger partial charge in [-0.15, -0.1) is 24.0 Å². The lowest BCUT2D eigenvalue weighted by molar-refractivity contribution is 0.321. The number of benzene rings is 2. The zero-order valence-corrected chi connectivity index (χ0v) is 16.6. The summed E-state index contributed by atoms with van der Waals surface area (Å²) in [5.74, 6) is 1.96. The van der Waals surface area contributed by atoms with Gasteiger partial charge in [-0.2, -0.15) is 0 Å². The van der Waals surface area contributed by atoms with E-state index in [0.717, 1.165) is 17.1 Å². The fourth-order valence-corrected chi connectivity index (χ4v) is 2.06. The van der Waals surface area contributed by atoms with E-state index >= 15 is 0 Å². The molecule has 5 nitrogen and oxygen atoms in total. The number of hydrogen-bond donors (Lipinski definition) is 2. The van der Waals surface area contributed by atoms with Crippen LogP contribution < -0.4 is 20.1 Å². The first kappa shape index (κ1) is 21.0. The predicted molar refractivity (Wildman–Crippen MR) is 109 cm³/mol. The molecule has 0 aliphatic rings. The molecule has 0 spiro atoms. The van der Waals surface area contributed by atoms with Gasteiger partial charge in [0, 0.05) is 13.6 Å². The first-order valence-electron chi connectivity index (χ1n) is 7.67. The van der Waals surface area contributed by atoms with E-state index in [2.05, 4.69) is 15.6 Å². The predicted octanol–water partition coefficient (Wildman–Crippen LogP) is 3.20. The van der Waals surface area contributed by atoms with Crippen molar-refractivity contribution in [3.05, 3.63) is 59.9 Å². The van der Waals surface area contributed by atoms with Gasteiger partial charge in [-0.1, -0.05) is 12.1 Å². The Balaban J connectivity index is 0.00000312. The third-order valence-electron chi connectivity index (χ3n) is 3.30. The third kappa shape index (κ3) is 7.59. The normalized spacial score (nSPS) is 10.6. The summed E-state index contributed by atoms with van der Waals surface area (Å²) in [4.78, 5) is 4.12. The Morgan fingerprint density at radius 1 is 1.08 bits per heavy atom. The molecule has 0 unspecified atom stereocenters. The Hall–Kier alpha value is -2.03. The van der Waals surface area contributed by atoms with E-state index in [-0.39, 0.29) is 29.8 Å². The Morgan fingerprint density at radius 2 is 1.80 bits per heavy atom. The van der Waals surface area contributed by atoms with Gasteiger partial charge in [0.15, 0.2) is 5.96 Å². The second-order valence-electron chi connectivity index (χ2n) is 5.01. The van der Waals surface area contributed by atoms with E-state index in [0.29, 0.717) is 25.7 Å². The molecule has 7 heteroatoms. The maximum absolute atomic E-state index is 13.1. The van der Waals surface area contributed by atoms with Gasteiger partial charge in [-0.05, 0) is 42.0 Å². The van der Waals surface area contributed by atoms with Crippen molar-refractivity contribution in [2.24, 2.45) is 4.99 Å². The van der Waals surface area contributed by atoms with Crippen LogP contribution >= 0.6 is 24.0 Å². The van der Waals surface area contributed by atoms with Crippen LogP contribution in [0.25, 0.3) is 0 Å². The second-order valence-corrected chi connectivity index (χ2v) is 5.01. The Kier molecular flexibility index (Phi) is 9.68. The molecule has 2 N–H and O–H groups in total. The third-order valence-corrected chi connectivity index (χ3v) is 3.30. The maximum atomic E-state index is 13.1. The summed E-state index contributed by atoms with van der Waals surface area (Å²) in [5, 5.41) is 6.27. The first-order chi connectivity index (χ1) is 11.7. The molecule has 0 bridgehead atoms. The van der Waals surface area contributed by atoms with Gasteiger partial charge >= 0.3 is 0 Å². The molecule has 25 heavy (non-hydrogen) atoms. The SMILES string of the molecule is CN=C(NCCOc1ccc(OC)cc1)NCc1cccc(F)c1.I. The molecule has 0 saturated heterocycles. The number of guanidine groups is 1. The van der Waals surface area contributed by atoms with Crippen molar-refractivity contribution in [2.75, 3.05) is 27.3 Å². The van der Waals surface area contributed by atoms with Gasteiger partial charge < -0.3 is 20.1 Å². The zero-order chi connectivity index (χ0) is 17.2. The minimum Gasteiger partial charge on any atom is -0.497 e. The van der Waals surface area contributed by atoms with Gasteiger partial charge in [0.25, 0.3) is 0 Å². The van der Waals surface area contributed by atoms with Gasteiger partial charge in [0.2, 0.25) is 0 Å². The van der Waals surface area contributed by atoms with Crippen LogP contribution in [0.4, 0.5) is 4.39 Å². The zero-order valence-electron chi connectivity index (χ0n) is 14.3. The number of ether oxygens (including phenoxy) is 2. The summed E-state index contributed by atoms with van der Waals surface area (Å²) in [6, 6.07) is 13.9. The van der Waals surface area contributed by atoms with Crippen LogP contribution in [-0.2, 0) is 6.54 Å². The molecule has 0 heterocycles. The molecule has 2 rings (SSSR count). The molecule has 0 saturated carbocycles. The van der Waals surface area contributed by atoms with Crippen molar-refractivity contribution in [1.29, 1.82) is 0 Å². The average molecular weight is 459 g/mol. The molecule has 0 fully saturated rings. The first-order valence-corrected chi connectivity index (χ1v) is 7.67. The number of aliphatic imine (C=N–C) groups is 1. The van der Waals surface area contributed by atoms with Crippen LogP contribution in [0.3, 0.4) is 0 Å². The quantitative estimate of drug-likeness (QED) is 0.289. The molecule has 0 aliphatic carbocycles. The second kappa shape index (κ2) is 11.5. The van der Waals surface area contributed by atoms with Crippen molar-refractivity contribution in [1.82, 2.24) is 10.6 Å². The fraction of sp³-hybridized carbons (Fsp3) is 0.278. The van der Waals surface area contributed by atoms with Gasteiger partial charge in [-0.3, -0.25) is 4.99 Å². The Bertz CT molecular complexity index is 666. The van der Waals surface area contributed by atoms with E-state index < -0.39 is 0 Å². The van der Waals surface area contributed by atoms with Crippen molar-refractivity contribution >= 4 is 29.9 Å². The lowest BCUT2D eigenvalue weighted by atomic mass is 10.2. The number of nitrogens with zero attached hydrogens (tertiary/aromatic N) is 1. The summed E-state index contributed by atoms with van der Waals surface area (Å²) in [6.07, 6.45) is 0. The number of methoxy groups -OCH3 is 1. The topological polar surface area (TPSA) is 54.9 Å². The van der Waals surface area contributed by atoms with E-state index in [9.17, 15) is 4.39 Å².